The Morgan fingerprint density at radius 1 is 1.54 bits per heavy atom. The van der Waals surface area contributed by atoms with E-state index in [1.54, 1.807) is 25.9 Å². The van der Waals surface area contributed by atoms with E-state index in [-0.39, 0.29) is 11.1 Å². The molecular weight excluding hydrogens is 166 g/mol. The summed E-state index contributed by atoms with van der Waals surface area (Å²) in [5, 5.41) is 8.72. The Balaban J connectivity index is 3.50. The van der Waals surface area contributed by atoms with Crippen LogP contribution in [0.5, 0.6) is 0 Å². The Hall–Kier alpha value is -1.76. The van der Waals surface area contributed by atoms with Crippen LogP contribution in [0.3, 0.4) is 0 Å². The molecule has 0 aromatic carbocycles. The van der Waals surface area contributed by atoms with Crippen LogP contribution >= 0.6 is 0 Å². The molecule has 1 rings (SSSR count). The van der Waals surface area contributed by atoms with Gasteiger partial charge in [-0.2, -0.15) is 5.26 Å². The molecule has 0 aliphatic carbocycles. The molecule has 0 aliphatic rings. The predicted molar refractivity (Wildman–Crippen MR) is 49.7 cm³/mol. The number of hydrogen-bond acceptors (Lipinski definition) is 3. The van der Waals surface area contributed by atoms with Gasteiger partial charge in [0.15, 0.2) is 0 Å². The van der Waals surface area contributed by atoms with Gasteiger partial charge >= 0.3 is 0 Å². The molecule has 0 spiro atoms. The first-order valence-electron chi connectivity index (χ1n) is 3.80. The van der Waals surface area contributed by atoms with Crippen molar-refractivity contribution in [2.24, 2.45) is 0 Å². The SMILES string of the molecule is Cc1[c]c(N(C)C)c(C#N)c(=O)[nH]1. The zero-order chi connectivity index (χ0) is 10.0. The molecule has 1 heterocycles. The van der Waals surface area contributed by atoms with E-state index >= 15 is 0 Å². The summed E-state index contributed by atoms with van der Waals surface area (Å²) in [7, 11) is 3.54. The van der Waals surface area contributed by atoms with Crippen LogP contribution in [0.4, 0.5) is 5.69 Å². The molecule has 0 bridgehead atoms. The van der Waals surface area contributed by atoms with Gasteiger partial charge in [0.2, 0.25) is 0 Å². The lowest BCUT2D eigenvalue weighted by Gasteiger charge is -2.13. The van der Waals surface area contributed by atoms with Gasteiger partial charge in [-0.3, -0.25) is 4.79 Å². The summed E-state index contributed by atoms with van der Waals surface area (Å²) in [4.78, 5) is 15.5. The maximum Gasteiger partial charge on any atom is 0.268 e. The van der Waals surface area contributed by atoms with E-state index in [1.807, 2.05) is 6.07 Å². The number of hydrogen-bond donors (Lipinski definition) is 1. The average molecular weight is 176 g/mol. The van der Waals surface area contributed by atoms with Crippen molar-refractivity contribution >= 4 is 5.69 Å². The first-order chi connectivity index (χ1) is 6.06. The van der Waals surface area contributed by atoms with E-state index in [0.29, 0.717) is 11.4 Å². The van der Waals surface area contributed by atoms with E-state index < -0.39 is 0 Å². The third-order valence-corrected chi connectivity index (χ3v) is 1.63. The fraction of sp³-hybridized carbons (Fsp3) is 0.333. The molecule has 1 N–H and O–H groups in total. The van der Waals surface area contributed by atoms with Crippen LogP contribution < -0.4 is 10.5 Å². The summed E-state index contributed by atoms with van der Waals surface area (Å²) in [6.07, 6.45) is 0. The van der Waals surface area contributed by atoms with Crippen molar-refractivity contribution in [3.63, 3.8) is 0 Å². The van der Waals surface area contributed by atoms with E-state index in [9.17, 15) is 4.79 Å². The van der Waals surface area contributed by atoms with Crippen LogP contribution in [-0.4, -0.2) is 19.1 Å². The van der Waals surface area contributed by atoms with Crippen molar-refractivity contribution in [3.8, 4) is 6.07 Å². The molecule has 0 amide bonds. The molecular formula is C9H10N3O. The predicted octanol–water partition coefficient (Wildman–Crippen LogP) is 0.421. The summed E-state index contributed by atoms with van der Waals surface area (Å²) >= 11 is 0. The highest BCUT2D eigenvalue weighted by Crippen LogP contribution is 2.12. The Bertz CT molecular complexity index is 412. The maximum absolute atomic E-state index is 11.3. The minimum absolute atomic E-state index is 0.107. The molecule has 0 saturated heterocycles. The zero-order valence-electron chi connectivity index (χ0n) is 7.80. The average Bonchev–Trinajstić information content (AvgIpc) is 2.02. The highest BCUT2D eigenvalue weighted by molar-refractivity contribution is 5.56. The third kappa shape index (κ3) is 1.70. The number of nitrogens with zero attached hydrogens (tertiary/aromatic N) is 2. The first-order valence-corrected chi connectivity index (χ1v) is 3.80. The van der Waals surface area contributed by atoms with Crippen molar-refractivity contribution < 1.29 is 0 Å². The number of rotatable bonds is 1. The Labute approximate surface area is 76.4 Å². The van der Waals surface area contributed by atoms with Gasteiger partial charge in [0.25, 0.3) is 5.56 Å². The lowest BCUT2D eigenvalue weighted by Crippen LogP contribution is -2.19. The van der Waals surface area contributed by atoms with Crippen LogP contribution in [-0.2, 0) is 0 Å². The van der Waals surface area contributed by atoms with Crippen molar-refractivity contribution in [1.82, 2.24) is 4.98 Å². The fourth-order valence-corrected chi connectivity index (χ4v) is 1.05. The zero-order valence-corrected chi connectivity index (χ0v) is 7.80. The largest absolute Gasteiger partial charge is 0.376 e. The van der Waals surface area contributed by atoms with E-state index in [0.717, 1.165) is 0 Å². The standard InChI is InChI=1S/C9H10N3O/c1-6-4-8(12(2)3)7(5-10)9(13)11-6/h1-3H3,(H,11,13). The molecule has 4 heteroatoms. The van der Waals surface area contributed by atoms with Crippen molar-refractivity contribution in [1.29, 1.82) is 5.26 Å². The van der Waals surface area contributed by atoms with Gasteiger partial charge in [0.05, 0.1) is 5.69 Å². The topological polar surface area (TPSA) is 59.9 Å². The van der Waals surface area contributed by atoms with Gasteiger partial charge < -0.3 is 9.88 Å². The molecule has 0 saturated carbocycles. The second-order valence-electron chi connectivity index (χ2n) is 2.93. The summed E-state index contributed by atoms with van der Waals surface area (Å²) < 4.78 is 0. The van der Waals surface area contributed by atoms with E-state index in [1.165, 1.54) is 0 Å². The lowest BCUT2D eigenvalue weighted by atomic mass is 10.2. The van der Waals surface area contributed by atoms with Gasteiger partial charge in [-0.1, -0.05) is 0 Å². The second kappa shape index (κ2) is 3.31. The number of pyridine rings is 1. The van der Waals surface area contributed by atoms with Crippen LogP contribution in [0.25, 0.3) is 0 Å². The van der Waals surface area contributed by atoms with Gasteiger partial charge in [-0.25, -0.2) is 0 Å². The second-order valence-corrected chi connectivity index (χ2v) is 2.93. The monoisotopic (exact) mass is 176 g/mol. The normalized spacial score (nSPS) is 9.38. The molecule has 13 heavy (non-hydrogen) atoms. The molecule has 0 atom stereocenters. The van der Waals surface area contributed by atoms with Crippen LogP contribution in [0, 0.1) is 24.3 Å². The quantitative estimate of drug-likeness (QED) is 0.674. The van der Waals surface area contributed by atoms with Gasteiger partial charge in [0, 0.05) is 25.9 Å². The number of aryl methyl sites for hydroxylation is 1. The number of aromatic nitrogens is 1. The third-order valence-electron chi connectivity index (χ3n) is 1.63. The molecule has 0 aliphatic heterocycles. The molecule has 1 aromatic heterocycles. The number of anilines is 1. The van der Waals surface area contributed by atoms with Crippen molar-refractivity contribution in [2.75, 3.05) is 19.0 Å². The van der Waals surface area contributed by atoms with Crippen LogP contribution in [0.15, 0.2) is 4.79 Å². The number of aromatic amines is 1. The Morgan fingerprint density at radius 3 is 2.62 bits per heavy atom. The molecule has 0 unspecified atom stereocenters. The molecule has 67 valence electrons. The summed E-state index contributed by atoms with van der Waals surface area (Å²) in [6.45, 7) is 1.73. The van der Waals surface area contributed by atoms with Crippen molar-refractivity contribution in [2.45, 2.75) is 6.92 Å². The van der Waals surface area contributed by atoms with Gasteiger partial charge in [-0.15, -0.1) is 0 Å². The maximum atomic E-state index is 11.3. The van der Waals surface area contributed by atoms with Crippen molar-refractivity contribution in [3.05, 3.63) is 27.7 Å². The number of nitrogens with one attached hydrogen (secondary N) is 1. The number of H-pyrrole nitrogens is 1. The lowest BCUT2D eigenvalue weighted by molar-refractivity contribution is 1.06. The van der Waals surface area contributed by atoms with E-state index in [2.05, 4.69) is 11.1 Å². The van der Waals surface area contributed by atoms with Gasteiger partial charge in [0.1, 0.15) is 11.6 Å². The molecule has 1 aromatic rings. The summed E-state index contributed by atoms with van der Waals surface area (Å²) in [5.74, 6) is 0. The van der Waals surface area contributed by atoms with Gasteiger partial charge in [-0.05, 0) is 6.92 Å². The fourth-order valence-electron chi connectivity index (χ4n) is 1.05. The highest BCUT2D eigenvalue weighted by atomic mass is 16.1. The summed E-state index contributed by atoms with van der Waals surface area (Å²) in [6, 6.07) is 4.77. The van der Waals surface area contributed by atoms with Crippen LogP contribution in [0.1, 0.15) is 11.3 Å². The molecule has 0 fully saturated rings. The molecule has 1 radical (unpaired) electrons. The minimum atomic E-state index is -0.359. The minimum Gasteiger partial charge on any atom is -0.376 e. The highest BCUT2D eigenvalue weighted by Gasteiger charge is 2.09. The molecule has 4 nitrogen and oxygen atoms in total. The first kappa shape index (κ1) is 9.33. The van der Waals surface area contributed by atoms with Crippen LogP contribution in [0.2, 0.25) is 0 Å². The number of nitriles is 1. The Morgan fingerprint density at radius 2 is 2.15 bits per heavy atom. The summed E-state index contributed by atoms with van der Waals surface area (Å²) in [5.41, 5.74) is 0.912. The Kier molecular flexibility index (Phi) is 2.38. The smallest absolute Gasteiger partial charge is 0.268 e. The van der Waals surface area contributed by atoms with E-state index in [4.69, 9.17) is 5.26 Å².